The van der Waals surface area contributed by atoms with Crippen LogP contribution in [-0.2, 0) is 0 Å². The molecule has 1 N–H and O–H groups in total. The van der Waals surface area contributed by atoms with E-state index in [9.17, 15) is 0 Å². The van der Waals surface area contributed by atoms with Gasteiger partial charge in [0.15, 0.2) is 0 Å². The second-order valence-corrected chi connectivity index (χ2v) is 6.45. The van der Waals surface area contributed by atoms with E-state index in [0.29, 0.717) is 12.0 Å². The van der Waals surface area contributed by atoms with Crippen LogP contribution in [0.4, 0.5) is 0 Å². The number of rotatable bonds is 5. The van der Waals surface area contributed by atoms with Gasteiger partial charge in [0.25, 0.3) is 0 Å². The molecule has 2 aliphatic rings. The van der Waals surface area contributed by atoms with E-state index in [1.165, 1.54) is 50.5 Å². The summed E-state index contributed by atoms with van der Waals surface area (Å²) in [6, 6.07) is 8.90. The lowest BCUT2D eigenvalue weighted by molar-refractivity contribution is 0.302. The largest absolute Gasteiger partial charge is 0.490 e. The Hall–Kier alpha value is -1.02. The molecule has 0 saturated heterocycles. The summed E-state index contributed by atoms with van der Waals surface area (Å²) in [6.07, 6.45) is 9.81. The summed E-state index contributed by atoms with van der Waals surface area (Å²) >= 11 is 0. The van der Waals surface area contributed by atoms with Crippen LogP contribution in [-0.4, -0.2) is 19.7 Å². The van der Waals surface area contributed by atoms with E-state index in [1.54, 1.807) is 0 Å². The van der Waals surface area contributed by atoms with Crippen molar-refractivity contribution in [1.82, 2.24) is 5.32 Å². The highest BCUT2D eigenvalue weighted by molar-refractivity contribution is 5.32. The van der Waals surface area contributed by atoms with E-state index in [0.717, 1.165) is 18.2 Å². The molecular weight excluding hydrogens is 246 g/mol. The van der Waals surface area contributed by atoms with Gasteiger partial charge in [0, 0.05) is 0 Å². The number of benzene rings is 1. The molecule has 2 aliphatic carbocycles. The van der Waals surface area contributed by atoms with Crippen molar-refractivity contribution in [2.45, 2.75) is 57.0 Å². The molecule has 0 heterocycles. The SMILES string of the molecule is CNCC1CCCCCC1c1cccc(OC2CC2)c1. The average molecular weight is 273 g/mol. The van der Waals surface area contributed by atoms with Crippen LogP contribution in [0.15, 0.2) is 24.3 Å². The topological polar surface area (TPSA) is 21.3 Å². The van der Waals surface area contributed by atoms with Gasteiger partial charge in [-0.15, -0.1) is 0 Å². The lowest BCUT2D eigenvalue weighted by atomic mass is 9.82. The maximum absolute atomic E-state index is 5.97. The van der Waals surface area contributed by atoms with Crippen LogP contribution < -0.4 is 10.1 Å². The number of hydrogen-bond acceptors (Lipinski definition) is 2. The molecule has 1 aromatic carbocycles. The third-order valence-corrected chi connectivity index (χ3v) is 4.74. The molecule has 2 heteroatoms. The van der Waals surface area contributed by atoms with Crippen LogP contribution in [0, 0.1) is 5.92 Å². The van der Waals surface area contributed by atoms with Crippen molar-refractivity contribution in [2.75, 3.05) is 13.6 Å². The van der Waals surface area contributed by atoms with Gasteiger partial charge < -0.3 is 10.1 Å². The van der Waals surface area contributed by atoms with Gasteiger partial charge in [0.1, 0.15) is 5.75 Å². The summed E-state index contributed by atoms with van der Waals surface area (Å²) in [5, 5.41) is 3.39. The Bertz CT molecular complexity index is 427. The third kappa shape index (κ3) is 3.54. The number of nitrogens with one attached hydrogen (secondary N) is 1. The predicted octanol–water partition coefficient (Wildman–Crippen LogP) is 4.11. The van der Waals surface area contributed by atoms with Crippen LogP contribution in [0.3, 0.4) is 0 Å². The lowest BCUT2D eigenvalue weighted by Crippen LogP contribution is -2.24. The standard InChI is InChI=1S/C18H27NO/c1-19-13-15-6-3-2-4-9-18(15)14-7-5-8-17(12-14)20-16-10-11-16/h5,7-8,12,15-16,18-19H,2-4,6,9-11,13H2,1H3. The van der Waals surface area contributed by atoms with Crippen molar-refractivity contribution >= 4 is 0 Å². The molecule has 20 heavy (non-hydrogen) atoms. The molecule has 110 valence electrons. The van der Waals surface area contributed by atoms with Crippen LogP contribution in [0.1, 0.15) is 56.4 Å². The normalized spacial score (nSPS) is 27.1. The zero-order valence-corrected chi connectivity index (χ0v) is 12.6. The Morgan fingerprint density at radius 1 is 1.10 bits per heavy atom. The average Bonchev–Trinajstić information content (AvgIpc) is 3.27. The minimum Gasteiger partial charge on any atom is -0.490 e. The van der Waals surface area contributed by atoms with Crippen LogP contribution >= 0.6 is 0 Å². The Kier molecular flexibility index (Phi) is 4.62. The Balaban J connectivity index is 1.76. The molecule has 0 amide bonds. The van der Waals surface area contributed by atoms with Crippen molar-refractivity contribution in [3.8, 4) is 5.75 Å². The van der Waals surface area contributed by atoms with Crippen LogP contribution in [0.2, 0.25) is 0 Å². The molecule has 0 bridgehead atoms. The first kappa shape index (κ1) is 13.9. The van der Waals surface area contributed by atoms with Crippen LogP contribution in [0.25, 0.3) is 0 Å². The quantitative estimate of drug-likeness (QED) is 0.815. The summed E-state index contributed by atoms with van der Waals surface area (Å²) in [5.41, 5.74) is 1.49. The van der Waals surface area contributed by atoms with Crippen molar-refractivity contribution in [1.29, 1.82) is 0 Å². The maximum atomic E-state index is 5.97. The molecule has 3 rings (SSSR count). The van der Waals surface area contributed by atoms with Crippen molar-refractivity contribution < 1.29 is 4.74 Å². The zero-order chi connectivity index (χ0) is 13.8. The van der Waals surface area contributed by atoms with E-state index in [4.69, 9.17) is 4.74 Å². The first-order chi connectivity index (χ1) is 9.86. The van der Waals surface area contributed by atoms with E-state index >= 15 is 0 Å². The molecule has 1 aromatic rings. The molecule has 0 aromatic heterocycles. The van der Waals surface area contributed by atoms with Gasteiger partial charge in [-0.05, 0) is 68.8 Å². The van der Waals surface area contributed by atoms with E-state index in [1.807, 2.05) is 0 Å². The first-order valence-electron chi connectivity index (χ1n) is 8.28. The smallest absolute Gasteiger partial charge is 0.120 e. The molecular formula is C18H27NO. The van der Waals surface area contributed by atoms with Crippen molar-refractivity contribution in [3.63, 3.8) is 0 Å². The van der Waals surface area contributed by atoms with Gasteiger partial charge in [-0.2, -0.15) is 0 Å². The maximum Gasteiger partial charge on any atom is 0.120 e. The molecule has 2 fully saturated rings. The summed E-state index contributed by atoms with van der Waals surface area (Å²) in [6.45, 7) is 1.14. The Morgan fingerprint density at radius 3 is 2.75 bits per heavy atom. The molecule has 2 saturated carbocycles. The third-order valence-electron chi connectivity index (χ3n) is 4.74. The lowest BCUT2D eigenvalue weighted by Gasteiger charge is -2.26. The fourth-order valence-electron chi connectivity index (χ4n) is 3.53. The molecule has 0 spiro atoms. The van der Waals surface area contributed by atoms with Crippen LogP contribution in [0.5, 0.6) is 5.75 Å². The van der Waals surface area contributed by atoms with Gasteiger partial charge in [0.2, 0.25) is 0 Å². The summed E-state index contributed by atoms with van der Waals surface area (Å²) in [5.74, 6) is 2.56. The van der Waals surface area contributed by atoms with E-state index in [2.05, 4.69) is 36.6 Å². The number of ether oxygens (including phenoxy) is 1. The minimum atomic E-state index is 0.493. The molecule has 2 unspecified atom stereocenters. The van der Waals surface area contributed by atoms with Gasteiger partial charge in [-0.25, -0.2) is 0 Å². The predicted molar refractivity (Wildman–Crippen MR) is 83.3 cm³/mol. The fourth-order valence-corrected chi connectivity index (χ4v) is 3.53. The molecule has 2 nitrogen and oxygen atoms in total. The fraction of sp³-hybridized carbons (Fsp3) is 0.667. The summed E-state index contributed by atoms with van der Waals surface area (Å²) < 4.78 is 5.97. The second-order valence-electron chi connectivity index (χ2n) is 6.45. The summed E-state index contributed by atoms with van der Waals surface area (Å²) in [4.78, 5) is 0. The first-order valence-corrected chi connectivity index (χ1v) is 8.28. The highest BCUT2D eigenvalue weighted by Gasteiger charge is 2.26. The van der Waals surface area contributed by atoms with E-state index in [-0.39, 0.29) is 0 Å². The van der Waals surface area contributed by atoms with Gasteiger partial charge in [-0.1, -0.05) is 31.4 Å². The van der Waals surface area contributed by atoms with Crippen molar-refractivity contribution in [3.05, 3.63) is 29.8 Å². The molecule has 2 atom stereocenters. The minimum absolute atomic E-state index is 0.493. The number of hydrogen-bond donors (Lipinski definition) is 1. The molecule has 0 radical (unpaired) electrons. The Morgan fingerprint density at radius 2 is 1.95 bits per heavy atom. The van der Waals surface area contributed by atoms with Gasteiger partial charge in [0.05, 0.1) is 6.10 Å². The zero-order valence-electron chi connectivity index (χ0n) is 12.6. The second kappa shape index (κ2) is 6.62. The highest BCUT2D eigenvalue weighted by atomic mass is 16.5. The highest BCUT2D eigenvalue weighted by Crippen LogP contribution is 2.38. The monoisotopic (exact) mass is 273 g/mol. The summed E-state index contributed by atoms with van der Waals surface area (Å²) in [7, 11) is 2.08. The Labute approximate surface area is 122 Å². The van der Waals surface area contributed by atoms with Gasteiger partial charge >= 0.3 is 0 Å². The molecule has 0 aliphatic heterocycles. The van der Waals surface area contributed by atoms with E-state index < -0.39 is 0 Å². The van der Waals surface area contributed by atoms with Gasteiger partial charge in [-0.3, -0.25) is 0 Å². The van der Waals surface area contributed by atoms with Crippen molar-refractivity contribution in [2.24, 2.45) is 5.92 Å².